The molecule has 0 saturated carbocycles. The lowest BCUT2D eigenvalue weighted by molar-refractivity contribution is 0.262. The highest BCUT2D eigenvalue weighted by Gasteiger charge is 2.04. The Kier molecular flexibility index (Phi) is 5.06. The Morgan fingerprint density at radius 1 is 0.960 bits per heavy atom. The predicted octanol–water partition coefficient (Wildman–Crippen LogP) is 3.85. The summed E-state index contributed by atoms with van der Waals surface area (Å²) >= 11 is 5.82. The van der Waals surface area contributed by atoms with Crippen LogP contribution in [0.25, 0.3) is 0 Å². The van der Waals surface area contributed by atoms with Gasteiger partial charge in [0.15, 0.2) is 0 Å². The summed E-state index contributed by atoms with van der Waals surface area (Å²) in [6.07, 6.45) is 3.03. The van der Waals surface area contributed by atoms with Crippen LogP contribution in [0.4, 0.5) is 16.2 Å². The van der Waals surface area contributed by atoms with E-state index in [0.717, 1.165) is 11.3 Å². The van der Waals surface area contributed by atoms with Gasteiger partial charge < -0.3 is 10.6 Å². The van der Waals surface area contributed by atoms with Crippen molar-refractivity contribution in [3.63, 3.8) is 0 Å². The molecule has 0 aliphatic heterocycles. The first-order valence-corrected chi connectivity index (χ1v) is 7.82. The molecule has 7 nitrogen and oxygen atoms in total. The summed E-state index contributed by atoms with van der Waals surface area (Å²) in [5.74, 6) is 0. The van der Waals surface area contributed by atoms with E-state index in [0.29, 0.717) is 16.4 Å². The minimum atomic E-state index is -0.329. The first-order chi connectivity index (χ1) is 12.1. The molecule has 0 atom stereocenters. The van der Waals surface area contributed by atoms with Gasteiger partial charge in [0.1, 0.15) is 12.7 Å². The van der Waals surface area contributed by atoms with Gasteiger partial charge in [-0.1, -0.05) is 23.7 Å². The van der Waals surface area contributed by atoms with E-state index in [4.69, 9.17) is 11.6 Å². The van der Waals surface area contributed by atoms with Crippen molar-refractivity contribution in [3.05, 3.63) is 71.8 Å². The van der Waals surface area contributed by atoms with Crippen LogP contribution in [-0.2, 0) is 0 Å². The minimum absolute atomic E-state index is 0.329. The molecule has 8 heteroatoms. The highest BCUT2D eigenvalue weighted by molar-refractivity contribution is 6.30. The lowest BCUT2D eigenvalue weighted by atomic mass is 10.1. The van der Waals surface area contributed by atoms with Crippen molar-refractivity contribution < 1.29 is 4.79 Å². The van der Waals surface area contributed by atoms with Crippen molar-refractivity contribution in [1.82, 2.24) is 14.9 Å². The normalized spacial score (nSPS) is 11.2. The standard InChI is InChI=1S/C17H15ClN6O/c1-12(23-24-10-19-20-11-24)13-2-6-15(7-3-13)21-17(25)22-16-8-4-14(18)5-9-16/h2-11H,1H3,(H2,21,22,25)/b23-12-. The molecule has 0 radical (unpaired) electrons. The summed E-state index contributed by atoms with van der Waals surface area (Å²) in [5.41, 5.74) is 3.07. The minimum Gasteiger partial charge on any atom is -0.308 e. The molecule has 2 N–H and O–H groups in total. The maximum atomic E-state index is 12.0. The van der Waals surface area contributed by atoms with Gasteiger partial charge in [-0.25, -0.2) is 9.47 Å². The van der Waals surface area contributed by atoms with E-state index in [1.54, 1.807) is 24.3 Å². The number of nitrogens with one attached hydrogen (secondary N) is 2. The summed E-state index contributed by atoms with van der Waals surface area (Å²) in [5, 5.41) is 17.9. The fraction of sp³-hybridized carbons (Fsp3) is 0.0588. The number of carbonyl (C=O) groups is 1. The van der Waals surface area contributed by atoms with Crippen LogP contribution < -0.4 is 10.6 Å². The number of hydrogen-bond donors (Lipinski definition) is 2. The number of urea groups is 1. The molecule has 2 amide bonds. The second kappa shape index (κ2) is 7.59. The van der Waals surface area contributed by atoms with Gasteiger partial charge in [0.05, 0.1) is 5.71 Å². The van der Waals surface area contributed by atoms with Crippen LogP contribution in [0, 0.1) is 0 Å². The van der Waals surface area contributed by atoms with Gasteiger partial charge in [-0.05, 0) is 48.9 Å². The average molecular weight is 355 g/mol. The summed E-state index contributed by atoms with van der Waals surface area (Å²) in [7, 11) is 0. The Labute approximate surface area is 149 Å². The number of carbonyl (C=O) groups excluding carboxylic acids is 1. The summed E-state index contributed by atoms with van der Waals surface area (Å²) in [4.78, 5) is 12.0. The SMILES string of the molecule is C/C(=N/n1cnnc1)c1ccc(NC(=O)Nc2ccc(Cl)cc2)cc1. The number of nitrogens with zero attached hydrogens (tertiary/aromatic N) is 4. The second-order valence-electron chi connectivity index (χ2n) is 5.19. The lowest BCUT2D eigenvalue weighted by Crippen LogP contribution is -2.19. The van der Waals surface area contributed by atoms with Gasteiger partial charge in [-0.3, -0.25) is 0 Å². The molecule has 1 aromatic heterocycles. The molecular formula is C17H15ClN6O. The van der Waals surface area contributed by atoms with Crippen molar-refractivity contribution in [2.75, 3.05) is 10.6 Å². The van der Waals surface area contributed by atoms with Gasteiger partial charge in [0.2, 0.25) is 0 Å². The molecule has 25 heavy (non-hydrogen) atoms. The lowest BCUT2D eigenvalue weighted by Gasteiger charge is -2.08. The molecule has 3 rings (SSSR count). The largest absolute Gasteiger partial charge is 0.323 e. The highest BCUT2D eigenvalue weighted by Crippen LogP contribution is 2.15. The molecular weight excluding hydrogens is 340 g/mol. The number of rotatable bonds is 4. The Bertz CT molecular complexity index is 873. The molecule has 0 aliphatic carbocycles. The van der Waals surface area contributed by atoms with E-state index in [9.17, 15) is 4.79 Å². The van der Waals surface area contributed by atoms with Crippen molar-refractivity contribution in [1.29, 1.82) is 0 Å². The number of aromatic nitrogens is 3. The Balaban J connectivity index is 1.62. The molecule has 2 aromatic carbocycles. The first-order valence-electron chi connectivity index (χ1n) is 7.44. The zero-order valence-electron chi connectivity index (χ0n) is 13.3. The molecule has 1 heterocycles. The van der Waals surface area contributed by atoms with Gasteiger partial charge in [-0.15, -0.1) is 10.2 Å². The Morgan fingerprint density at radius 2 is 1.48 bits per heavy atom. The quantitative estimate of drug-likeness (QED) is 0.698. The van der Waals surface area contributed by atoms with E-state index < -0.39 is 0 Å². The third-order valence-corrected chi connectivity index (χ3v) is 3.59. The van der Waals surface area contributed by atoms with Crippen LogP contribution in [0.2, 0.25) is 5.02 Å². The van der Waals surface area contributed by atoms with Crippen LogP contribution in [-0.4, -0.2) is 26.6 Å². The molecule has 3 aromatic rings. The van der Waals surface area contributed by atoms with Crippen molar-refractivity contribution >= 4 is 34.7 Å². The van der Waals surface area contributed by atoms with Crippen LogP contribution >= 0.6 is 11.6 Å². The average Bonchev–Trinajstić information content (AvgIpc) is 3.10. The molecule has 0 saturated heterocycles. The van der Waals surface area contributed by atoms with Gasteiger partial charge in [-0.2, -0.15) is 5.10 Å². The number of anilines is 2. The zero-order chi connectivity index (χ0) is 17.6. The van der Waals surface area contributed by atoms with Crippen LogP contribution in [0.1, 0.15) is 12.5 Å². The molecule has 0 aliphatic rings. The fourth-order valence-corrected chi connectivity index (χ4v) is 2.23. The van der Waals surface area contributed by atoms with Crippen molar-refractivity contribution in [2.45, 2.75) is 6.92 Å². The predicted molar refractivity (Wildman–Crippen MR) is 98.2 cm³/mol. The monoisotopic (exact) mass is 354 g/mol. The second-order valence-corrected chi connectivity index (χ2v) is 5.63. The Hall–Kier alpha value is -3.19. The van der Waals surface area contributed by atoms with Crippen molar-refractivity contribution in [3.8, 4) is 0 Å². The number of hydrogen-bond acceptors (Lipinski definition) is 4. The van der Waals surface area contributed by atoms with E-state index >= 15 is 0 Å². The maximum Gasteiger partial charge on any atom is 0.323 e. The van der Waals surface area contributed by atoms with E-state index in [1.165, 1.54) is 17.3 Å². The number of halogens is 1. The summed E-state index contributed by atoms with van der Waals surface area (Å²) in [6, 6.07) is 13.9. The molecule has 126 valence electrons. The van der Waals surface area contributed by atoms with E-state index in [2.05, 4.69) is 25.9 Å². The molecule has 0 spiro atoms. The summed E-state index contributed by atoms with van der Waals surface area (Å²) in [6.45, 7) is 1.88. The van der Waals surface area contributed by atoms with Gasteiger partial charge in [0, 0.05) is 16.4 Å². The fourth-order valence-electron chi connectivity index (χ4n) is 2.10. The molecule has 0 bridgehead atoms. The topological polar surface area (TPSA) is 84.2 Å². The third-order valence-electron chi connectivity index (χ3n) is 3.33. The van der Waals surface area contributed by atoms with E-state index in [1.807, 2.05) is 31.2 Å². The van der Waals surface area contributed by atoms with Crippen LogP contribution in [0.3, 0.4) is 0 Å². The highest BCUT2D eigenvalue weighted by atomic mass is 35.5. The van der Waals surface area contributed by atoms with Crippen LogP contribution in [0.5, 0.6) is 0 Å². The number of amides is 2. The Morgan fingerprint density at radius 3 is 2.04 bits per heavy atom. The van der Waals surface area contributed by atoms with Crippen LogP contribution in [0.15, 0.2) is 66.3 Å². The zero-order valence-corrected chi connectivity index (χ0v) is 14.1. The summed E-state index contributed by atoms with van der Waals surface area (Å²) < 4.78 is 1.53. The van der Waals surface area contributed by atoms with Gasteiger partial charge >= 0.3 is 6.03 Å². The smallest absolute Gasteiger partial charge is 0.308 e. The molecule has 0 unspecified atom stereocenters. The first kappa shape index (κ1) is 16.7. The maximum absolute atomic E-state index is 12.0. The number of benzene rings is 2. The third kappa shape index (κ3) is 4.65. The van der Waals surface area contributed by atoms with E-state index in [-0.39, 0.29) is 6.03 Å². The van der Waals surface area contributed by atoms with Gasteiger partial charge in [0.25, 0.3) is 0 Å². The molecule has 0 fully saturated rings. The van der Waals surface area contributed by atoms with Crippen molar-refractivity contribution in [2.24, 2.45) is 5.10 Å².